The molecule has 7 nitrogen and oxygen atoms in total. The molecule has 3 heterocycles. The van der Waals surface area contributed by atoms with Gasteiger partial charge in [0.25, 0.3) is 11.1 Å². The number of aryl methyl sites for hydroxylation is 1. The van der Waals surface area contributed by atoms with E-state index in [9.17, 15) is 9.59 Å². The third-order valence-corrected chi connectivity index (χ3v) is 7.73. The summed E-state index contributed by atoms with van der Waals surface area (Å²) in [6, 6.07) is 7.16. The molecule has 1 aliphatic carbocycles. The van der Waals surface area contributed by atoms with Crippen LogP contribution in [0.5, 0.6) is 0 Å². The molecule has 0 amide bonds. The second kappa shape index (κ2) is 7.63. The lowest BCUT2D eigenvalue weighted by molar-refractivity contribution is 0.509. The summed E-state index contributed by atoms with van der Waals surface area (Å²) in [5.74, 6) is 0.891. The van der Waals surface area contributed by atoms with Crippen LogP contribution in [0.15, 0.2) is 39.0 Å². The minimum Gasteiger partial charge on any atom is -0.287 e. The van der Waals surface area contributed by atoms with Gasteiger partial charge in [-0.25, -0.2) is 4.98 Å². The van der Waals surface area contributed by atoms with E-state index in [2.05, 4.69) is 17.2 Å². The van der Waals surface area contributed by atoms with Crippen molar-refractivity contribution in [1.29, 1.82) is 0 Å². The predicted molar refractivity (Wildman–Crippen MR) is 120 cm³/mol. The summed E-state index contributed by atoms with van der Waals surface area (Å²) in [6.07, 6.45) is 3.09. The Balaban J connectivity index is 1.54. The van der Waals surface area contributed by atoms with E-state index in [1.807, 2.05) is 19.1 Å². The first kappa shape index (κ1) is 19.4. The molecule has 5 rings (SSSR count). The molecule has 0 spiro atoms. The zero-order valence-corrected chi connectivity index (χ0v) is 18.4. The summed E-state index contributed by atoms with van der Waals surface area (Å²) in [7, 11) is 0. The molecule has 9 heteroatoms. The van der Waals surface area contributed by atoms with E-state index < -0.39 is 0 Å². The van der Waals surface area contributed by atoms with E-state index in [1.54, 1.807) is 28.0 Å². The molecule has 0 bridgehead atoms. The second-order valence-electron chi connectivity index (χ2n) is 7.66. The Bertz CT molecular complexity index is 1390. The van der Waals surface area contributed by atoms with Crippen LogP contribution in [0, 0.1) is 5.92 Å². The lowest BCUT2D eigenvalue weighted by Crippen LogP contribution is -2.25. The zero-order valence-electron chi connectivity index (χ0n) is 16.8. The van der Waals surface area contributed by atoms with Crippen molar-refractivity contribution in [3.8, 4) is 0 Å². The molecule has 0 fully saturated rings. The topological polar surface area (TPSA) is 82.7 Å². The fraction of sp³-hybridized carbons (Fsp3) is 0.381. The Morgan fingerprint density at radius 3 is 2.90 bits per heavy atom. The van der Waals surface area contributed by atoms with Gasteiger partial charge >= 0.3 is 0 Å². The van der Waals surface area contributed by atoms with Crippen LogP contribution < -0.4 is 11.1 Å². The number of nitrogens with zero attached hydrogens (tertiary/aromatic N) is 5. The molecule has 0 radical (unpaired) electrons. The largest absolute Gasteiger partial charge is 0.287 e. The number of hydrogen-bond acceptors (Lipinski definition) is 7. The number of benzene rings is 1. The van der Waals surface area contributed by atoms with Gasteiger partial charge in [0, 0.05) is 11.4 Å². The molecule has 1 unspecified atom stereocenters. The molecule has 4 aromatic rings. The summed E-state index contributed by atoms with van der Waals surface area (Å²) in [5, 5.41) is 10.1. The minimum atomic E-state index is -0.194. The Morgan fingerprint density at radius 1 is 1.23 bits per heavy atom. The monoisotopic (exact) mass is 439 g/mol. The van der Waals surface area contributed by atoms with Crippen LogP contribution in [-0.4, -0.2) is 24.5 Å². The van der Waals surface area contributed by atoms with Gasteiger partial charge < -0.3 is 0 Å². The SMILES string of the molecule is CCn1c(SCn2nnc3ccccc3c2=O)nc2sc3c(c2c1=O)CCC(C)C3. The maximum absolute atomic E-state index is 13.3. The standard InChI is InChI=1S/C21H21N5O2S2/c1-3-25-20(28)17-14-9-8-12(2)10-16(14)30-18(17)22-21(25)29-11-26-19(27)13-6-4-5-7-15(13)23-24-26/h4-7,12H,3,8-11H2,1-2H3. The molecule has 1 atom stereocenters. The van der Waals surface area contributed by atoms with E-state index in [0.717, 1.165) is 29.5 Å². The summed E-state index contributed by atoms with van der Waals surface area (Å²) in [5.41, 5.74) is 1.60. The fourth-order valence-corrected chi connectivity index (χ4v) is 6.38. The van der Waals surface area contributed by atoms with Crippen molar-refractivity contribution in [2.45, 2.75) is 50.7 Å². The van der Waals surface area contributed by atoms with E-state index in [4.69, 9.17) is 4.98 Å². The molecule has 30 heavy (non-hydrogen) atoms. The van der Waals surface area contributed by atoms with Crippen LogP contribution in [0.4, 0.5) is 0 Å². The van der Waals surface area contributed by atoms with Gasteiger partial charge in [0.15, 0.2) is 5.16 Å². The molecule has 154 valence electrons. The van der Waals surface area contributed by atoms with Crippen molar-refractivity contribution < 1.29 is 0 Å². The average Bonchev–Trinajstić information content (AvgIpc) is 3.11. The second-order valence-corrected chi connectivity index (χ2v) is 9.66. The van der Waals surface area contributed by atoms with Crippen molar-refractivity contribution in [2.24, 2.45) is 5.92 Å². The van der Waals surface area contributed by atoms with E-state index in [0.29, 0.717) is 28.5 Å². The molecule has 0 N–H and O–H groups in total. The van der Waals surface area contributed by atoms with Gasteiger partial charge in [-0.05, 0) is 49.8 Å². The lowest BCUT2D eigenvalue weighted by Gasteiger charge is -2.17. The first-order chi connectivity index (χ1) is 14.6. The van der Waals surface area contributed by atoms with Crippen molar-refractivity contribution in [3.05, 3.63) is 55.4 Å². The van der Waals surface area contributed by atoms with Crippen molar-refractivity contribution in [1.82, 2.24) is 24.5 Å². The predicted octanol–water partition coefficient (Wildman–Crippen LogP) is 3.46. The molecule has 1 aliphatic rings. The van der Waals surface area contributed by atoms with E-state index >= 15 is 0 Å². The summed E-state index contributed by atoms with van der Waals surface area (Å²) in [6.45, 7) is 4.74. The summed E-state index contributed by atoms with van der Waals surface area (Å²) >= 11 is 2.99. The van der Waals surface area contributed by atoms with Gasteiger partial charge in [-0.3, -0.25) is 14.2 Å². The Hall–Kier alpha value is -2.52. The number of thiophene rings is 1. The minimum absolute atomic E-state index is 0.0222. The van der Waals surface area contributed by atoms with Gasteiger partial charge in [0.05, 0.1) is 16.6 Å². The van der Waals surface area contributed by atoms with Crippen LogP contribution in [0.25, 0.3) is 21.1 Å². The summed E-state index contributed by atoms with van der Waals surface area (Å²) in [4.78, 5) is 32.9. The number of hydrogen-bond donors (Lipinski definition) is 0. The summed E-state index contributed by atoms with van der Waals surface area (Å²) < 4.78 is 3.03. The molecule has 0 saturated heterocycles. The highest BCUT2D eigenvalue weighted by molar-refractivity contribution is 7.98. The number of thioether (sulfide) groups is 1. The Labute approximate surface area is 180 Å². The first-order valence-electron chi connectivity index (χ1n) is 10.1. The highest BCUT2D eigenvalue weighted by Gasteiger charge is 2.24. The van der Waals surface area contributed by atoms with Crippen molar-refractivity contribution in [2.75, 3.05) is 0 Å². The maximum atomic E-state index is 13.3. The third-order valence-electron chi connectivity index (χ3n) is 5.64. The number of fused-ring (bicyclic) bond motifs is 4. The van der Waals surface area contributed by atoms with Crippen LogP contribution in [-0.2, 0) is 25.3 Å². The molecule has 0 saturated carbocycles. The Morgan fingerprint density at radius 2 is 2.07 bits per heavy atom. The maximum Gasteiger partial charge on any atom is 0.278 e. The molecule has 1 aromatic carbocycles. The molecule has 0 aliphatic heterocycles. The first-order valence-corrected chi connectivity index (χ1v) is 11.9. The van der Waals surface area contributed by atoms with Crippen LogP contribution in [0.3, 0.4) is 0 Å². The molecule has 3 aromatic heterocycles. The van der Waals surface area contributed by atoms with Gasteiger partial charge in [0.2, 0.25) is 0 Å². The smallest absolute Gasteiger partial charge is 0.278 e. The van der Waals surface area contributed by atoms with Crippen LogP contribution >= 0.6 is 23.1 Å². The Kier molecular flexibility index (Phi) is 4.94. The fourth-order valence-electron chi connectivity index (χ4n) is 4.02. The quantitative estimate of drug-likeness (QED) is 0.358. The molecular formula is C21H21N5O2S2. The van der Waals surface area contributed by atoms with Crippen LogP contribution in [0.2, 0.25) is 0 Å². The van der Waals surface area contributed by atoms with E-state index in [-0.39, 0.29) is 17.0 Å². The normalized spacial score (nSPS) is 16.3. The zero-order chi connectivity index (χ0) is 20.8. The average molecular weight is 440 g/mol. The number of aromatic nitrogens is 5. The van der Waals surface area contributed by atoms with Gasteiger partial charge in [-0.15, -0.1) is 16.4 Å². The van der Waals surface area contributed by atoms with Gasteiger partial charge in [-0.1, -0.05) is 36.0 Å². The van der Waals surface area contributed by atoms with Crippen molar-refractivity contribution in [3.63, 3.8) is 0 Å². The lowest BCUT2D eigenvalue weighted by atomic mass is 9.89. The van der Waals surface area contributed by atoms with Crippen LogP contribution in [0.1, 0.15) is 30.7 Å². The molecular weight excluding hydrogens is 418 g/mol. The number of rotatable bonds is 4. The van der Waals surface area contributed by atoms with Gasteiger partial charge in [-0.2, -0.15) is 4.68 Å². The highest BCUT2D eigenvalue weighted by atomic mass is 32.2. The van der Waals surface area contributed by atoms with Gasteiger partial charge in [0.1, 0.15) is 10.3 Å². The van der Waals surface area contributed by atoms with Crippen molar-refractivity contribution >= 4 is 44.2 Å². The highest BCUT2D eigenvalue weighted by Crippen LogP contribution is 2.36. The van der Waals surface area contributed by atoms with E-state index in [1.165, 1.54) is 26.9 Å². The third kappa shape index (κ3) is 3.16.